The number of nitrogens with zero attached hydrogens (tertiary/aromatic N) is 3. The van der Waals surface area contributed by atoms with E-state index in [1.165, 1.54) is 27.0 Å². The molecule has 0 aliphatic carbocycles. The molecule has 1 N–H and O–H groups in total. The van der Waals surface area contributed by atoms with Gasteiger partial charge in [-0.1, -0.05) is 17.4 Å². The predicted octanol–water partition coefficient (Wildman–Crippen LogP) is 1.95. The molecule has 124 valence electrons. The Morgan fingerprint density at radius 3 is 2.91 bits per heavy atom. The summed E-state index contributed by atoms with van der Waals surface area (Å²) in [7, 11) is -3.51. The molecule has 0 saturated carbocycles. The lowest BCUT2D eigenvalue weighted by Crippen LogP contribution is -2.43. The van der Waals surface area contributed by atoms with Crippen molar-refractivity contribution >= 4 is 43.7 Å². The number of carbonyl (C=O) groups is 1. The largest absolute Gasteiger partial charge is 0.300 e. The summed E-state index contributed by atoms with van der Waals surface area (Å²) in [6.45, 7) is 2.45. The summed E-state index contributed by atoms with van der Waals surface area (Å²) in [4.78, 5) is 12.3. The van der Waals surface area contributed by atoms with Crippen molar-refractivity contribution in [1.29, 1.82) is 0 Å². The fourth-order valence-corrected chi connectivity index (χ4v) is 5.73. The molecule has 1 aliphatic heterocycles. The Labute approximate surface area is 142 Å². The van der Waals surface area contributed by atoms with Crippen LogP contribution in [-0.4, -0.2) is 41.9 Å². The highest BCUT2D eigenvalue weighted by Gasteiger charge is 2.34. The van der Waals surface area contributed by atoms with Gasteiger partial charge in [-0.3, -0.25) is 4.79 Å². The van der Waals surface area contributed by atoms with Gasteiger partial charge in [-0.15, -0.1) is 21.5 Å². The first-order chi connectivity index (χ1) is 11.0. The molecule has 1 amide bonds. The second kappa shape index (κ2) is 6.63. The second-order valence-electron chi connectivity index (χ2n) is 5.25. The fraction of sp³-hybridized carbons (Fsp3) is 0.462. The number of carbonyl (C=O) groups excluding carboxylic acids is 1. The summed E-state index contributed by atoms with van der Waals surface area (Å²) >= 11 is 2.49. The zero-order valence-electron chi connectivity index (χ0n) is 12.4. The van der Waals surface area contributed by atoms with Crippen LogP contribution in [0.4, 0.5) is 5.13 Å². The van der Waals surface area contributed by atoms with E-state index in [1.54, 1.807) is 17.5 Å². The average molecular weight is 372 g/mol. The Morgan fingerprint density at radius 1 is 1.43 bits per heavy atom. The first-order valence-electron chi connectivity index (χ1n) is 7.11. The molecule has 3 heterocycles. The number of thiophene rings is 1. The Hall–Kier alpha value is -1.36. The minimum Gasteiger partial charge on any atom is -0.300 e. The van der Waals surface area contributed by atoms with E-state index in [4.69, 9.17) is 0 Å². The zero-order valence-corrected chi connectivity index (χ0v) is 14.9. The molecule has 1 atom stereocenters. The molecule has 1 aliphatic rings. The number of aromatic nitrogens is 2. The third kappa shape index (κ3) is 3.60. The number of hydrogen-bond acceptors (Lipinski definition) is 7. The molecule has 23 heavy (non-hydrogen) atoms. The van der Waals surface area contributed by atoms with E-state index in [0.29, 0.717) is 28.7 Å². The van der Waals surface area contributed by atoms with Crippen molar-refractivity contribution in [2.24, 2.45) is 5.92 Å². The lowest BCUT2D eigenvalue weighted by molar-refractivity contribution is -0.120. The molecule has 3 rings (SSSR count). The summed E-state index contributed by atoms with van der Waals surface area (Å²) in [5.41, 5.74) is 0. The van der Waals surface area contributed by atoms with Crippen LogP contribution in [0.25, 0.3) is 0 Å². The highest BCUT2D eigenvalue weighted by atomic mass is 32.2. The minimum absolute atomic E-state index is 0.198. The number of amides is 1. The monoisotopic (exact) mass is 372 g/mol. The fourth-order valence-electron chi connectivity index (χ4n) is 2.47. The standard InChI is InChI=1S/C13H16N4O3S3/c1-9-15-16-13(22-9)14-12(18)10-4-2-6-17(8-10)23(19,20)11-5-3-7-21-11/h3,5,7,10H,2,4,6,8H2,1H3,(H,14,16,18)/t10-/m0/s1. The maximum Gasteiger partial charge on any atom is 0.252 e. The van der Waals surface area contributed by atoms with E-state index in [1.807, 2.05) is 6.92 Å². The van der Waals surface area contributed by atoms with Gasteiger partial charge >= 0.3 is 0 Å². The number of rotatable bonds is 4. The van der Waals surface area contributed by atoms with Gasteiger partial charge < -0.3 is 5.32 Å². The van der Waals surface area contributed by atoms with Gasteiger partial charge in [-0.05, 0) is 31.2 Å². The van der Waals surface area contributed by atoms with Gasteiger partial charge in [0.25, 0.3) is 10.0 Å². The molecule has 1 saturated heterocycles. The van der Waals surface area contributed by atoms with Crippen LogP contribution in [0.5, 0.6) is 0 Å². The van der Waals surface area contributed by atoms with Crippen molar-refractivity contribution in [3.8, 4) is 0 Å². The molecule has 0 aromatic carbocycles. The summed E-state index contributed by atoms with van der Waals surface area (Å²) in [6.07, 6.45) is 1.33. The van der Waals surface area contributed by atoms with E-state index in [0.717, 1.165) is 5.01 Å². The number of aryl methyl sites for hydroxylation is 1. The molecule has 0 spiro atoms. The van der Waals surface area contributed by atoms with Crippen molar-refractivity contribution in [3.63, 3.8) is 0 Å². The van der Waals surface area contributed by atoms with Gasteiger partial charge in [-0.25, -0.2) is 8.42 Å². The van der Waals surface area contributed by atoms with Gasteiger partial charge in [0.15, 0.2) is 0 Å². The number of piperidine rings is 1. The lowest BCUT2D eigenvalue weighted by Gasteiger charge is -2.30. The Kier molecular flexibility index (Phi) is 4.76. The van der Waals surface area contributed by atoms with E-state index >= 15 is 0 Å². The van der Waals surface area contributed by atoms with Gasteiger partial charge in [0.2, 0.25) is 11.0 Å². The Bertz CT molecular complexity index is 785. The number of hydrogen-bond donors (Lipinski definition) is 1. The smallest absolute Gasteiger partial charge is 0.252 e. The maximum atomic E-state index is 12.6. The van der Waals surface area contributed by atoms with Crippen LogP contribution in [-0.2, 0) is 14.8 Å². The summed E-state index contributed by atoms with van der Waals surface area (Å²) in [5.74, 6) is -0.574. The Balaban J connectivity index is 1.69. The van der Waals surface area contributed by atoms with Crippen LogP contribution >= 0.6 is 22.7 Å². The van der Waals surface area contributed by atoms with Crippen LogP contribution in [0, 0.1) is 12.8 Å². The molecule has 1 fully saturated rings. The first-order valence-corrected chi connectivity index (χ1v) is 10.2. The van der Waals surface area contributed by atoms with Crippen LogP contribution in [0.3, 0.4) is 0 Å². The maximum absolute atomic E-state index is 12.6. The molecule has 0 unspecified atom stereocenters. The van der Waals surface area contributed by atoms with Crippen LogP contribution in [0.1, 0.15) is 17.8 Å². The van der Waals surface area contributed by atoms with Gasteiger partial charge in [0, 0.05) is 13.1 Å². The average Bonchev–Trinajstić information content (AvgIpc) is 3.19. The number of nitrogens with one attached hydrogen (secondary N) is 1. The van der Waals surface area contributed by atoms with Crippen LogP contribution < -0.4 is 5.32 Å². The molecule has 2 aromatic heterocycles. The van der Waals surface area contributed by atoms with Crippen molar-refractivity contribution < 1.29 is 13.2 Å². The van der Waals surface area contributed by atoms with Crippen molar-refractivity contribution in [3.05, 3.63) is 22.5 Å². The topological polar surface area (TPSA) is 92.3 Å². The number of sulfonamides is 1. The normalized spacial score (nSPS) is 19.6. The number of anilines is 1. The summed E-state index contributed by atoms with van der Waals surface area (Å²) in [5, 5.41) is 13.4. The van der Waals surface area contributed by atoms with Crippen molar-refractivity contribution in [1.82, 2.24) is 14.5 Å². The predicted molar refractivity (Wildman–Crippen MR) is 89.1 cm³/mol. The molecule has 10 heteroatoms. The SMILES string of the molecule is Cc1nnc(NC(=O)[C@H]2CCCN(S(=O)(=O)c3cccs3)C2)s1. The molecule has 0 radical (unpaired) electrons. The van der Waals surface area contributed by atoms with Gasteiger partial charge in [0.05, 0.1) is 5.92 Å². The van der Waals surface area contributed by atoms with Gasteiger partial charge in [-0.2, -0.15) is 4.31 Å². The van der Waals surface area contributed by atoms with E-state index in [-0.39, 0.29) is 18.4 Å². The van der Waals surface area contributed by atoms with Crippen LogP contribution in [0.2, 0.25) is 0 Å². The molecule has 2 aromatic rings. The van der Waals surface area contributed by atoms with Crippen molar-refractivity contribution in [2.75, 3.05) is 18.4 Å². The van der Waals surface area contributed by atoms with E-state index in [2.05, 4.69) is 15.5 Å². The van der Waals surface area contributed by atoms with E-state index < -0.39 is 10.0 Å². The molecule has 0 bridgehead atoms. The van der Waals surface area contributed by atoms with Gasteiger partial charge in [0.1, 0.15) is 9.22 Å². The quantitative estimate of drug-likeness (QED) is 0.885. The third-order valence-corrected chi connectivity index (χ3v) is 7.59. The van der Waals surface area contributed by atoms with E-state index in [9.17, 15) is 13.2 Å². The lowest BCUT2D eigenvalue weighted by atomic mass is 9.99. The summed E-state index contributed by atoms with van der Waals surface area (Å²) in [6, 6.07) is 3.30. The zero-order chi connectivity index (χ0) is 16.4. The highest BCUT2D eigenvalue weighted by Crippen LogP contribution is 2.27. The minimum atomic E-state index is -3.51. The van der Waals surface area contributed by atoms with Crippen molar-refractivity contribution in [2.45, 2.75) is 24.0 Å². The first kappa shape index (κ1) is 16.5. The molecule has 7 nitrogen and oxygen atoms in total. The third-order valence-electron chi connectivity index (χ3n) is 3.60. The van der Waals surface area contributed by atoms with Crippen LogP contribution in [0.15, 0.2) is 21.7 Å². The molecular weight excluding hydrogens is 356 g/mol. The Morgan fingerprint density at radius 2 is 2.26 bits per heavy atom. The highest BCUT2D eigenvalue weighted by molar-refractivity contribution is 7.91. The summed E-state index contributed by atoms with van der Waals surface area (Å²) < 4.78 is 26.8. The molecular formula is C13H16N4O3S3. The second-order valence-corrected chi connectivity index (χ2v) is 9.54.